The highest BCUT2D eigenvalue weighted by Crippen LogP contribution is 2.34. The number of fused-ring (bicyclic) bond motifs is 1. The van der Waals surface area contributed by atoms with E-state index in [1.807, 2.05) is 48.7 Å². The van der Waals surface area contributed by atoms with Crippen LogP contribution in [0.1, 0.15) is 44.9 Å². The number of amides is 2. The van der Waals surface area contributed by atoms with Crippen LogP contribution in [0.4, 0.5) is 16.2 Å². The number of pyridine rings is 1. The van der Waals surface area contributed by atoms with Gasteiger partial charge in [0.15, 0.2) is 4.90 Å². The van der Waals surface area contributed by atoms with Gasteiger partial charge in [0, 0.05) is 34.6 Å². The first-order chi connectivity index (χ1) is 19.6. The first-order valence-corrected chi connectivity index (χ1v) is 15.9. The second-order valence-corrected chi connectivity index (χ2v) is 13.6. The summed E-state index contributed by atoms with van der Waals surface area (Å²) in [5.74, 6) is 0.702. The fraction of sp³-hybridized carbons (Fsp3) is 0.353. The second-order valence-electron chi connectivity index (χ2n) is 12.2. The van der Waals surface area contributed by atoms with Crippen LogP contribution in [0.2, 0.25) is 0 Å². The molecule has 3 aromatic carbocycles. The molecule has 2 heterocycles. The maximum atomic E-state index is 13.1. The van der Waals surface area contributed by atoms with Gasteiger partial charge in [-0.2, -0.15) is 0 Å². The average molecular weight is 569 g/mol. The number of urea groups is 1. The Labute approximate surface area is 246 Å². The average Bonchev–Trinajstić information content (AvgIpc) is 2.94. The zero-order valence-electron chi connectivity index (χ0n) is 24.7. The molecular weight excluding hydrogens is 528 g/mol. The number of hydrogen-bond donors (Lipinski definition) is 2. The van der Waals surface area contributed by atoms with Crippen molar-refractivity contribution in [1.29, 1.82) is 0 Å². The lowest BCUT2D eigenvalue weighted by Gasteiger charge is -2.28. The van der Waals surface area contributed by atoms with Crippen LogP contribution in [0, 0.1) is 5.92 Å². The summed E-state index contributed by atoms with van der Waals surface area (Å²) in [6, 6.07) is 21.7. The molecule has 7 heteroatoms. The highest BCUT2D eigenvalue weighted by molar-refractivity contribution is 7.90. The fourth-order valence-electron chi connectivity index (χ4n) is 5.48. The Bertz CT molecular complexity index is 1520. The summed E-state index contributed by atoms with van der Waals surface area (Å²) < 4.78 is 12.2. The Hall–Kier alpha value is -3.39. The molecule has 2 N–H and O–H groups in total. The molecule has 1 aliphatic rings. The van der Waals surface area contributed by atoms with Gasteiger partial charge < -0.3 is 20.1 Å². The summed E-state index contributed by atoms with van der Waals surface area (Å²) in [5.41, 5.74) is 5.50. The quantitative estimate of drug-likeness (QED) is 0.237. The Morgan fingerprint density at radius 2 is 1.73 bits per heavy atom. The van der Waals surface area contributed by atoms with Gasteiger partial charge >= 0.3 is 6.03 Å². The third-order valence-electron chi connectivity index (χ3n) is 8.01. The number of rotatable bonds is 6. The number of nitrogens with zero attached hydrogens (tertiary/aromatic N) is 2. The molecule has 1 fully saturated rings. The van der Waals surface area contributed by atoms with Crippen molar-refractivity contribution < 1.29 is 9.35 Å². The SMILES string of the molecule is CN1CCC(Cc2ccc(-c3ccc(NC(=O)Nc4cc([S+](C)[O-])cc(C(C)(C)C)c4)c4ccccc34)cn2)CC1. The topological polar surface area (TPSA) is 80.3 Å². The van der Waals surface area contributed by atoms with Gasteiger partial charge in [-0.25, -0.2) is 4.79 Å². The number of likely N-dealkylation sites (tertiary alicyclic amines) is 1. The Morgan fingerprint density at radius 3 is 2.39 bits per heavy atom. The maximum absolute atomic E-state index is 13.1. The van der Waals surface area contributed by atoms with Crippen LogP contribution in [-0.4, -0.2) is 46.9 Å². The first-order valence-electron chi connectivity index (χ1n) is 14.3. The number of aromatic nitrogens is 1. The van der Waals surface area contributed by atoms with E-state index in [1.54, 1.807) is 12.3 Å². The minimum absolute atomic E-state index is 0.145. The van der Waals surface area contributed by atoms with Gasteiger partial charge in [-0.15, -0.1) is 0 Å². The van der Waals surface area contributed by atoms with E-state index in [2.05, 4.69) is 61.6 Å². The van der Waals surface area contributed by atoms with Crippen molar-refractivity contribution in [3.05, 3.63) is 84.2 Å². The number of benzene rings is 3. The first kappa shape index (κ1) is 29.1. The fourth-order valence-corrected chi connectivity index (χ4v) is 6.07. The maximum Gasteiger partial charge on any atom is 0.323 e. The van der Waals surface area contributed by atoms with Crippen LogP contribution in [0.3, 0.4) is 0 Å². The molecule has 1 atom stereocenters. The van der Waals surface area contributed by atoms with E-state index in [0.29, 0.717) is 16.5 Å². The smallest absolute Gasteiger partial charge is 0.323 e. The molecule has 6 nitrogen and oxygen atoms in total. The molecule has 0 aliphatic carbocycles. The molecule has 0 bridgehead atoms. The number of carbonyl (C=O) groups excluding carboxylic acids is 1. The van der Waals surface area contributed by atoms with Gasteiger partial charge in [0.1, 0.15) is 6.26 Å². The van der Waals surface area contributed by atoms with Crippen molar-refractivity contribution in [2.45, 2.75) is 50.3 Å². The molecule has 41 heavy (non-hydrogen) atoms. The second kappa shape index (κ2) is 12.2. The van der Waals surface area contributed by atoms with Gasteiger partial charge in [0.05, 0.1) is 5.69 Å². The van der Waals surface area contributed by atoms with Crippen molar-refractivity contribution in [2.24, 2.45) is 5.92 Å². The van der Waals surface area contributed by atoms with E-state index < -0.39 is 11.2 Å². The van der Waals surface area contributed by atoms with Gasteiger partial charge in [-0.1, -0.05) is 57.2 Å². The van der Waals surface area contributed by atoms with Gasteiger partial charge in [-0.3, -0.25) is 4.98 Å². The van der Waals surface area contributed by atoms with Crippen LogP contribution < -0.4 is 10.6 Å². The van der Waals surface area contributed by atoms with Crippen LogP contribution in [0.25, 0.3) is 21.9 Å². The molecule has 4 aromatic rings. The number of carbonyl (C=O) groups is 1. The zero-order valence-corrected chi connectivity index (χ0v) is 25.5. The predicted molar refractivity (Wildman–Crippen MR) is 171 cm³/mol. The lowest BCUT2D eigenvalue weighted by Crippen LogP contribution is -2.31. The van der Waals surface area contributed by atoms with Crippen molar-refractivity contribution in [3.8, 4) is 11.1 Å². The van der Waals surface area contributed by atoms with Crippen LogP contribution in [-0.2, 0) is 23.0 Å². The molecule has 1 saturated heterocycles. The van der Waals surface area contributed by atoms with Crippen molar-refractivity contribution in [1.82, 2.24) is 9.88 Å². The van der Waals surface area contributed by atoms with E-state index in [-0.39, 0.29) is 11.4 Å². The lowest BCUT2D eigenvalue weighted by atomic mass is 9.87. The number of nitrogens with one attached hydrogen (secondary N) is 2. The summed E-state index contributed by atoms with van der Waals surface area (Å²) in [4.78, 5) is 21.0. The van der Waals surface area contributed by atoms with Crippen molar-refractivity contribution in [3.63, 3.8) is 0 Å². The van der Waals surface area contributed by atoms with Crippen molar-refractivity contribution >= 4 is 39.4 Å². The van der Waals surface area contributed by atoms with E-state index in [9.17, 15) is 9.35 Å². The summed E-state index contributed by atoms with van der Waals surface area (Å²) in [7, 11) is 2.19. The molecular formula is C34H40N4O2S. The van der Waals surface area contributed by atoms with Gasteiger partial charge in [-0.05, 0) is 103 Å². The standard InChI is InChI=1S/C34H40N4O2S/c1-34(2,3)25-19-27(21-28(20-25)41(5)40)36-33(39)37-32-13-12-29(30-8-6-7-9-31(30)32)24-10-11-26(35-22-24)18-23-14-16-38(4)17-15-23/h6-13,19-23H,14-18H2,1-5H3,(H2,36,37,39). The molecule has 2 amide bonds. The number of hydrogen-bond acceptors (Lipinski definition) is 4. The summed E-state index contributed by atoms with van der Waals surface area (Å²) >= 11 is -1.16. The molecule has 1 unspecified atom stereocenters. The third-order valence-corrected chi connectivity index (χ3v) is 8.91. The highest BCUT2D eigenvalue weighted by atomic mass is 32.2. The monoisotopic (exact) mass is 568 g/mol. The van der Waals surface area contributed by atoms with E-state index >= 15 is 0 Å². The molecule has 0 saturated carbocycles. The minimum atomic E-state index is -1.16. The lowest BCUT2D eigenvalue weighted by molar-refractivity contribution is 0.218. The molecule has 214 valence electrons. The van der Waals surface area contributed by atoms with E-state index in [1.165, 1.54) is 12.8 Å². The van der Waals surface area contributed by atoms with E-state index in [4.69, 9.17) is 4.98 Å². The summed E-state index contributed by atoms with van der Waals surface area (Å²) in [5, 5.41) is 7.99. The molecule has 5 rings (SSSR count). The largest absolute Gasteiger partial charge is 0.612 e. The predicted octanol–water partition coefficient (Wildman–Crippen LogP) is 7.47. The normalized spacial score (nSPS) is 15.6. The number of piperidine rings is 1. The molecule has 0 radical (unpaired) electrons. The Balaban J connectivity index is 1.35. The van der Waals surface area contributed by atoms with Crippen LogP contribution >= 0.6 is 0 Å². The van der Waals surface area contributed by atoms with Crippen LogP contribution in [0.15, 0.2) is 77.8 Å². The Morgan fingerprint density at radius 1 is 1.00 bits per heavy atom. The van der Waals surface area contributed by atoms with Crippen LogP contribution in [0.5, 0.6) is 0 Å². The highest BCUT2D eigenvalue weighted by Gasteiger charge is 2.20. The summed E-state index contributed by atoms with van der Waals surface area (Å²) in [6.45, 7) is 8.62. The third kappa shape index (κ3) is 7.10. The van der Waals surface area contributed by atoms with Gasteiger partial charge in [0.25, 0.3) is 0 Å². The van der Waals surface area contributed by atoms with Gasteiger partial charge in [0.2, 0.25) is 0 Å². The zero-order chi connectivity index (χ0) is 29.1. The van der Waals surface area contributed by atoms with Crippen molar-refractivity contribution in [2.75, 3.05) is 37.0 Å². The molecule has 1 aliphatic heterocycles. The van der Waals surface area contributed by atoms with E-state index in [0.717, 1.165) is 58.4 Å². The molecule has 1 aromatic heterocycles. The summed E-state index contributed by atoms with van der Waals surface area (Å²) in [6.07, 6.45) is 7.12. The molecule has 0 spiro atoms. The number of anilines is 2. The minimum Gasteiger partial charge on any atom is -0.612 e. The Kier molecular flexibility index (Phi) is 8.68.